The fourth-order valence-corrected chi connectivity index (χ4v) is 4.11. The fraction of sp³-hybridized carbons (Fsp3) is 0.867. The maximum Gasteiger partial charge on any atom is 0.220 e. The third-order valence-corrected chi connectivity index (χ3v) is 5.43. The number of hydrogen-bond acceptors (Lipinski definition) is 4. The zero-order valence-corrected chi connectivity index (χ0v) is 13.4. The van der Waals surface area contributed by atoms with Gasteiger partial charge in [-0.3, -0.25) is 4.79 Å². The molecule has 0 unspecified atom stereocenters. The van der Waals surface area contributed by atoms with Gasteiger partial charge in [0.15, 0.2) is 0 Å². The largest absolute Gasteiger partial charge is 0.369 e. The molecule has 2 fully saturated rings. The molecule has 1 aliphatic heterocycles. The zero-order valence-electron chi connectivity index (χ0n) is 13.4. The lowest BCUT2D eigenvalue weighted by Gasteiger charge is -2.33. The first-order chi connectivity index (χ1) is 10.7. The Morgan fingerprint density at radius 3 is 2.59 bits per heavy atom. The van der Waals surface area contributed by atoms with Crippen LogP contribution in [0, 0.1) is 5.92 Å². The van der Waals surface area contributed by atoms with E-state index in [1.54, 1.807) is 0 Å². The van der Waals surface area contributed by atoms with Crippen molar-refractivity contribution in [3.63, 3.8) is 0 Å². The van der Waals surface area contributed by atoms with Gasteiger partial charge in [-0.2, -0.15) is 0 Å². The van der Waals surface area contributed by atoms with E-state index in [1.807, 2.05) is 0 Å². The smallest absolute Gasteiger partial charge is 0.220 e. The number of primary amides is 1. The highest BCUT2D eigenvalue weighted by Gasteiger charge is 2.35. The van der Waals surface area contributed by atoms with Crippen molar-refractivity contribution in [3.8, 4) is 0 Å². The molecular weight excluding hydrogens is 280 g/mol. The molecule has 0 aromatic carbocycles. The number of carbonyl (C=O) groups excluding carboxylic acids is 1. The third-order valence-electron chi connectivity index (χ3n) is 5.43. The van der Waals surface area contributed by atoms with Gasteiger partial charge in [0, 0.05) is 25.2 Å². The van der Waals surface area contributed by atoms with Gasteiger partial charge >= 0.3 is 0 Å². The molecule has 122 valence electrons. The van der Waals surface area contributed by atoms with E-state index in [2.05, 4.69) is 27.1 Å². The number of nitrogens with two attached hydrogens (primary N) is 1. The summed E-state index contributed by atoms with van der Waals surface area (Å²) in [5, 5.41) is 12.6. The summed E-state index contributed by atoms with van der Waals surface area (Å²) in [6.07, 6.45) is 7.71. The van der Waals surface area contributed by atoms with Crippen LogP contribution in [0.1, 0.15) is 69.8 Å². The molecule has 1 aromatic heterocycles. The monoisotopic (exact) mass is 307 g/mol. The van der Waals surface area contributed by atoms with Crippen LogP contribution in [-0.2, 0) is 4.79 Å². The quantitative estimate of drug-likeness (QED) is 0.802. The molecule has 1 saturated carbocycles. The first kappa shape index (κ1) is 15.4. The minimum atomic E-state index is -0.150. The van der Waals surface area contributed by atoms with Crippen molar-refractivity contribution >= 4 is 5.91 Å². The second-order valence-corrected chi connectivity index (χ2v) is 6.72. The number of hydrogen-bond donors (Lipinski definition) is 2. The Balaban J connectivity index is 1.72. The molecule has 1 aliphatic carbocycles. The number of nitrogens with zero attached hydrogens (tertiary/aromatic N) is 4. The van der Waals surface area contributed by atoms with Crippen molar-refractivity contribution in [2.75, 3.05) is 13.1 Å². The second kappa shape index (κ2) is 6.73. The summed E-state index contributed by atoms with van der Waals surface area (Å²) < 4.78 is 2.08. The molecule has 1 saturated heterocycles. The van der Waals surface area contributed by atoms with Gasteiger partial charge < -0.3 is 10.6 Å². The Kier molecular flexibility index (Phi) is 4.71. The summed E-state index contributed by atoms with van der Waals surface area (Å²) in [5.74, 6) is 0.928. The molecule has 2 heterocycles. The van der Waals surface area contributed by atoms with Crippen molar-refractivity contribution in [1.29, 1.82) is 0 Å². The molecule has 2 aliphatic rings. The van der Waals surface area contributed by atoms with E-state index in [-0.39, 0.29) is 11.8 Å². The number of carbonyl (C=O) groups is 1. The zero-order chi connectivity index (χ0) is 15.5. The standard InChI is InChI=1S/C15H26N6O/c1-2-13(20-9-7-11(8-10-20)14(16)22)15-17-18-19-21(15)12-5-3-4-6-12/h11-13H,2-10H2,1H3,(H2,16,22)/p+1/t13-/m0/s1. The first-order valence-corrected chi connectivity index (χ1v) is 8.62. The molecule has 0 bridgehead atoms. The van der Waals surface area contributed by atoms with Crippen molar-refractivity contribution in [1.82, 2.24) is 20.2 Å². The molecule has 1 atom stereocenters. The molecule has 7 heteroatoms. The van der Waals surface area contributed by atoms with Crippen molar-refractivity contribution in [3.05, 3.63) is 5.82 Å². The maximum absolute atomic E-state index is 11.3. The van der Waals surface area contributed by atoms with E-state index in [4.69, 9.17) is 5.73 Å². The van der Waals surface area contributed by atoms with Gasteiger partial charge in [-0.25, -0.2) is 4.68 Å². The highest BCUT2D eigenvalue weighted by molar-refractivity contribution is 5.76. The number of tetrazole rings is 1. The van der Waals surface area contributed by atoms with Gasteiger partial charge in [0.05, 0.1) is 19.1 Å². The number of rotatable bonds is 5. The normalized spacial score (nSPS) is 27.9. The van der Waals surface area contributed by atoms with Gasteiger partial charge in [-0.1, -0.05) is 19.8 Å². The fourth-order valence-electron chi connectivity index (χ4n) is 4.11. The van der Waals surface area contributed by atoms with Crippen LogP contribution in [0.3, 0.4) is 0 Å². The SMILES string of the molecule is CC[C@@H](c1nnnn1C1CCCC1)[NH+]1CCC(C(N)=O)CC1. The lowest BCUT2D eigenvalue weighted by molar-refractivity contribution is -0.938. The van der Waals surface area contributed by atoms with Gasteiger partial charge in [0.25, 0.3) is 0 Å². The molecule has 7 nitrogen and oxygen atoms in total. The lowest BCUT2D eigenvalue weighted by atomic mass is 9.94. The molecule has 1 amide bonds. The predicted molar refractivity (Wildman–Crippen MR) is 81.0 cm³/mol. The Morgan fingerprint density at radius 2 is 2.00 bits per heavy atom. The van der Waals surface area contributed by atoms with Crippen LogP contribution >= 0.6 is 0 Å². The van der Waals surface area contributed by atoms with E-state index >= 15 is 0 Å². The summed E-state index contributed by atoms with van der Waals surface area (Å²) in [5.41, 5.74) is 5.44. The van der Waals surface area contributed by atoms with Crippen LogP contribution in [0.25, 0.3) is 0 Å². The van der Waals surface area contributed by atoms with Crippen LogP contribution < -0.4 is 10.6 Å². The summed E-state index contributed by atoms with van der Waals surface area (Å²) >= 11 is 0. The number of quaternary nitrogens is 1. The van der Waals surface area contributed by atoms with Crippen molar-refractivity contribution < 1.29 is 9.69 Å². The average molecular weight is 307 g/mol. The maximum atomic E-state index is 11.3. The molecule has 0 spiro atoms. The van der Waals surface area contributed by atoms with E-state index in [9.17, 15) is 4.79 Å². The third kappa shape index (κ3) is 2.99. The van der Waals surface area contributed by atoms with Crippen molar-refractivity contribution in [2.45, 2.75) is 64.0 Å². The van der Waals surface area contributed by atoms with Crippen molar-refractivity contribution in [2.24, 2.45) is 11.7 Å². The molecule has 0 radical (unpaired) electrons. The van der Waals surface area contributed by atoms with Crippen LogP contribution in [0.5, 0.6) is 0 Å². The molecule has 3 rings (SSSR count). The Labute approximate surface area is 131 Å². The Hall–Kier alpha value is -1.50. The minimum absolute atomic E-state index is 0.0482. The summed E-state index contributed by atoms with van der Waals surface area (Å²) in [4.78, 5) is 12.8. The predicted octanol–water partition coefficient (Wildman–Crippen LogP) is 0.0195. The number of piperidine rings is 1. The summed E-state index contributed by atoms with van der Waals surface area (Å²) in [6.45, 7) is 4.15. The molecule has 3 N–H and O–H groups in total. The van der Waals surface area contributed by atoms with Gasteiger partial charge in [-0.15, -0.1) is 5.10 Å². The highest BCUT2D eigenvalue weighted by atomic mass is 16.1. The van der Waals surface area contributed by atoms with E-state index in [1.165, 1.54) is 30.6 Å². The van der Waals surface area contributed by atoms with Crippen LogP contribution in [-0.4, -0.2) is 39.2 Å². The van der Waals surface area contributed by atoms with E-state index in [0.717, 1.165) is 38.2 Å². The average Bonchev–Trinajstić information content (AvgIpc) is 3.19. The Bertz CT molecular complexity index is 502. The molecular formula is C15H27N6O+. The Morgan fingerprint density at radius 1 is 1.32 bits per heavy atom. The highest BCUT2D eigenvalue weighted by Crippen LogP contribution is 2.30. The van der Waals surface area contributed by atoms with Crippen LogP contribution in [0.4, 0.5) is 0 Å². The number of amides is 1. The summed E-state index contributed by atoms with van der Waals surface area (Å²) in [6, 6.07) is 0.797. The van der Waals surface area contributed by atoms with E-state index < -0.39 is 0 Å². The van der Waals surface area contributed by atoms with Gasteiger partial charge in [0.1, 0.15) is 6.04 Å². The number of likely N-dealkylation sites (tertiary alicyclic amines) is 1. The van der Waals surface area contributed by atoms with Crippen LogP contribution in [0.15, 0.2) is 0 Å². The van der Waals surface area contributed by atoms with E-state index in [0.29, 0.717) is 12.1 Å². The number of nitrogens with one attached hydrogen (secondary N) is 1. The van der Waals surface area contributed by atoms with Crippen LogP contribution in [0.2, 0.25) is 0 Å². The van der Waals surface area contributed by atoms with Gasteiger partial charge in [-0.05, 0) is 23.3 Å². The molecule has 22 heavy (non-hydrogen) atoms. The second-order valence-electron chi connectivity index (χ2n) is 6.72. The number of aromatic nitrogens is 4. The summed E-state index contributed by atoms with van der Waals surface area (Å²) in [7, 11) is 0. The topological polar surface area (TPSA) is 91.1 Å². The lowest BCUT2D eigenvalue weighted by Crippen LogP contribution is -3.13. The minimum Gasteiger partial charge on any atom is -0.369 e. The molecule has 1 aromatic rings. The first-order valence-electron chi connectivity index (χ1n) is 8.62. The van der Waals surface area contributed by atoms with Gasteiger partial charge in [0.2, 0.25) is 11.7 Å².